The second kappa shape index (κ2) is 2.80. The van der Waals surface area contributed by atoms with Crippen molar-refractivity contribution in [1.82, 2.24) is 10.2 Å². The molecular weight excluding hydrogens is 160 g/mol. The molecule has 0 bridgehead atoms. The Kier molecular flexibility index (Phi) is 1.76. The van der Waals surface area contributed by atoms with Crippen molar-refractivity contribution in [2.24, 2.45) is 5.41 Å². The quantitative estimate of drug-likeness (QED) is 0.573. The number of hydrogen-bond acceptors (Lipinski definition) is 2. The lowest BCUT2D eigenvalue weighted by Gasteiger charge is -2.12. The zero-order chi connectivity index (χ0) is 9.31. The number of allylic oxidation sites excluding steroid dienone is 2. The van der Waals surface area contributed by atoms with E-state index >= 15 is 0 Å². The molecule has 0 aromatic carbocycles. The lowest BCUT2D eigenvalue weighted by atomic mass is 9.93. The lowest BCUT2D eigenvalue weighted by molar-refractivity contribution is 0.670. The molecule has 13 heavy (non-hydrogen) atoms. The molecule has 2 nitrogen and oxygen atoms in total. The van der Waals surface area contributed by atoms with Crippen LogP contribution in [0.3, 0.4) is 0 Å². The SMILES string of the molecule is CC1(C)C=CC=c2cnncc2=C1. The van der Waals surface area contributed by atoms with Crippen LogP contribution in [-0.4, -0.2) is 10.2 Å². The standard InChI is InChI=1S/C11H12N2/c1-11(2)5-3-4-9-7-12-13-8-10(9)6-11/h3-8H,1-2H3. The normalized spacial score (nSPS) is 18.0. The Morgan fingerprint density at radius 2 is 1.77 bits per heavy atom. The summed E-state index contributed by atoms with van der Waals surface area (Å²) in [6.45, 7) is 4.35. The Balaban J connectivity index is 2.77. The van der Waals surface area contributed by atoms with Crippen molar-refractivity contribution < 1.29 is 0 Å². The van der Waals surface area contributed by atoms with Gasteiger partial charge in [0.1, 0.15) is 0 Å². The minimum Gasteiger partial charge on any atom is -0.159 e. The summed E-state index contributed by atoms with van der Waals surface area (Å²) in [6, 6.07) is 0. The van der Waals surface area contributed by atoms with Crippen LogP contribution in [0.25, 0.3) is 12.2 Å². The van der Waals surface area contributed by atoms with E-state index in [0.29, 0.717) is 0 Å². The molecule has 2 heteroatoms. The van der Waals surface area contributed by atoms with Crippen molar-refractivity contribution in [1.29, 1.82) is 0 Å². The lowest BCUT2D eigenvalue weighted by Crippen LogP contribution is -2.27. The molecule has 1 aliphatic rings. The molecule has 0 saturated carbocycles. The van der Waals surface area contributed by atoms with Gasteiger partial charge in [0.2, 0.25) is 0 Å². The Bertz CT molecular complexity index is 455. The third kappa shape index (κ3) is 1.66. The van der Waals surface area contributed by atoms with Crippen molar-refractivity contribution in [2.45, 2.75) is 13.8 Å². The second-order valence-electron chi connectivity index (χ2n) is 3.89. The van der Waals surface area contributed by atoms with E-state index in [1.54, 1.807) is 12.4 Å². The van der Waals surface area contributed by atoms with Gasteiger partial charge < -0.3 is 0 Å². The van der Waals surface area contributed by atoms with Crippen LogP contribution < -0.4 is 10.4 Å². The third-order valence-electron chi connectivity index (χ3n) is 2.12. The zero-order valence-corrected chi connectivity index (χ0v) is 7.86. The smallest absolute Gasteiger partial charge is 0.0574 e. The Hall–Kier alpha value is -1.44. The summed E-state index contributed by atoms with van der Waals surface area (Å²) < 4.78 is 0. The number of rotatable bonds is 0. The van der Waals surface area contributed by atoms with Crippen molar-refractivity contribution in [2.75, 3.05) is 0 Å². The van der Waals surface area contributed by atoms with E-state index < -0.39 is 0 Å². The van der Waals surface area contributed by atoms with Gasteiger partial charge in [-0.05, 0) is 0 Å². The molecular formula is C11H12N2. The van der Waals surface area contributed by atoms with E-state index in [-0.39, 0.29) is 5.41 Å². The monoisotopic (exact) mass is 172 g/mol. The Morgan fingerprint density at radius 3 is 2.54 bits per heavy atom. The molecule has 0 radical (unpaired) electrons. The highest BCUT2D eigenvalue weighted by Gasteiger charge is 2.09. The van der Waals surface area contributed by atoms with Gasteiger partial charge in [0.05, 0.1) is 12.4 Å². The molecule has 1 aromatic rings. The van der Waals surface area contributed by atoms with E-state index in [9.17, 15) is 0 Å². The summed E-state index contributed by atoms with van der Waals surface area (Å²) in [7, 11) is 0. The van der Waals surface area contributed by atoms with E-state index in [4.69, 9.17) is 0 Å². The Morgan fingerprint density at radius 1 is 1.08 bits per heavy atom. The molecule has 0 amide bonds. The Labute approximate surface area is 77.3 Å². The highest BCUT2D eigenvalue weighted by molar-refractivity contribution is 5.47. The van der Waals surface area contributed by atoms with Gasteiger partial charge in [0, 0.05) is 15.9 Å². The van der Waals surface area contributed by atoms with E-state index in [1.165, 1.54) is 0 Å². The summed E-state index contributed by atoms with van der Waals surface area (Å²) in [4.78, 5) is 0. The van der Waals surface area contributed by atoms with Crippen LogP contribution in [0.15, 0.2) is 24.5 Å². The summed E-state index contributed by atoms with van der Waals surface area (Å²) in [5.74, 6) is 0. The van der Waals surface area contributed by atoms with E-state index in [2.05, 4.69) is 48.3 Å². The van der Waals surface area contributed by atoms with E-state index in [1.807, 2.05) is 0 Å². The van der Waals surface area contributed by atoms with Crippen molar-refractivity contribution in [3.63, 3.8) is 0 Å². The maximum atomic E-state index is 3.88. The van der Waals surface area contributed by atoms with Gasteiger partial charge in [-0.15, -0.1) is 0 Å². The maximum absolute atomic E-state index is 3.88. The first-order chi connectivity index (χ1) is 6.17. The summed E-state index contributed by atoms with van der Waals surface area (Å²) in [6.07, 6.45) is 12.1. The first-order valence-corrected chi connectivity index (χ1v) is 4.37. The van der Waals surface area contributed by atoms with Crippen molar-refractivity contribution >= 4 is 12.2 Å². The molecule has 1 aliphatic carbocycles. The molecule has 0 N–H and O–H groups in total. The summed E-state index contributed by atoms with van der Waals surface area (Å²) in [5, 5.41) is 10.0. The highest BCUT2D eigenvalue weighted by Crippen LogP contribution is 2.18. The van der Waals surface area contributed by atoms with E-state index in [0.717, 1.165) is 10.4 Å². The van der Waals surface area contributed by atoms with Gasteiger partial charge >= 0.3 is 0 Å². The highest BCUT2D eigenvalue weighted by atomic mass is 15.1. The molecule has 2 rings (SSSR count). The molecule has 66 valence electrons. The summed E-state index contributed by atoms with van der Waals surface area (Å²) in [5.41, 5.74) is 0.102. The van der Waals surface area contributed by atoms with Gasteiger partial charge in [-0.25, -0.2) is 0 Å². The zero-order valence-electron chi connectivity index (χ0n) is 7.86. The maximum Gasteiger partial charge on any atom is 0.0574 e. The van der Waals surface area contributed by atoms with Crippen molar-refractivity contribution in [3.05, 3.63) is 35.0 Å². The molecule has 0 unspecified atom stereocenters. The molecule has 0 saturated heterocycles. The van der Waals surface area contributed by atoms with Gasteiger partial charge in [0.15, 0.2) is 0 Å². The predicted molar refractivity (Wildman–Crippen MR) is 53.1 cm³/mol. The first kappa shape index (κ1) is 8.17. The van der Waals surface area contributed by atoms with Crippen LogP contribution >= 0.6 is 0 Å². The molecule has 1 aromatic heterocycles. The minimum absolute atomic E-state index is 0.102. The van der Waals surface area contributed by atoms with Crippen LogP contribution in [-0.2, 0) is 0 Å². The molecule has 0 atom stereocenters. The van der Waals surface area contributed by atoms with Gasteiger partial charge in [-0.1, -0.05) is 38.2 Å². The topological polar surface area (TPSA) is 25.8 Å². The number of aromatic nitrogens is 2. The molecule has 0 spiro atoms. The average molecular weight is 172 g/mol. The molecule has 1 heterocycles. The van der Waals surface area contributed by atoms with Crippen LogP contribution in [0.5, 0.6) is 0 Å². The molecule has 0 aliphatic heterocycles. The largest absolute Gasteiger partial charge is 0.159 e. The average Bonchev–Trinajstić information content (AvgIpc) is 2.21. The number of fused-ring (bicyclic) bond motifs is 1. The third-order valence-corrected chi connectivity index (χ3v) is 2.12. The van der Waals surface area contributed by atoms with Crippen molar-refractivity contribution in [3.8, 4) is 0 Å². The van der Waals surface area contributed by atoms with Gasteiger partial charge in [-0.3, -0.25) is 0 Å². The number of nitrogens with zero attached hydrogens (tertiary/aromatic N) is 2. The fraction of sp³-hybridized carbons (Fsp3) is 0.273. The fourth-order valence-corrected chi connectivity index (χ4v) is 1.45. The van der Waals surface area contributed by atoms with Gasteiger partial charge in [-0.2, -0.15) is 10.2 Å². The first-order valence-electron chi connectivity index (χ1n) is 4.37. The van der Waals surface area contributed by atoms with Gasteiger partial charge in [0.25, 0.3) is 0 Å². The number of hydrogen-bond donors (Lipinski definition) is 0. The minimum atomic E-state index is 0.102. The van der Waals surface area contributed by atoms with Crippen LogP contribution in [0.2, 0.25) is 0 Å². The second-order valence-corrected chi connectivity index (χ2v) is 3.89. The predicted octanol–water partition coefficient (Wildman–Crippen LogP) is 0.634. The van der Waals surface area contributed by atoms with Crippen LogP contribution in [0.1, 0.15) is 13.8 Å². The summed E-state index contributed by atoms with van der Waals surface area (Å²) >= 11 is 0. The van der Waals surface area contributed by atoms with Crippen LogP contribution in [0, 0.1) is 5.41 Å². The fourth-order valence-electron chi connectivity index (χ4n) is 1.45. The van der Waals surface area contributed by atoms with Crippen LogP contribution in [0.4, 0.5) is 0 Å². The molecule has 0 fully saturated rings.